The molecular formula is C14H28OS. The van der Waals surface area contributed by atoms with E-state index in [1.54, 1.807) is 0 Å². The normalized spacial score (nSPS) is 12.4. The third kappa shape index (κ3) is 10.4. The van der Waals surface area contributed by atoms with Gasteiger partial charge in [0.25, 0.3) is 0 Å². The van der Waals surface area contributed by atoms with Gasteiger partial charge >= 0.3 is 0 Å². The maximum Gasteiger partial charge on any atom is 0.160 e. The van der Waals surface area contributed by atoms with Crippen LogP contribution in [0.4, 0.5) is 0 Å². The zero-order valence-electron chi connectivity index (χ0n) is 11.3. The summed E-state index contributed by atoms with van der Waals surface area (Å²) in [7, 11) is 0. The minimum Gasteiger partial charge on any atom is -0.484 e. The summed E-state index contributed by atoms with van der Waals surface area (Å²) < 4.78 is 5.65. The van der Waals surface area contributed by atoms with Gasteiger partial charge in [0, 0.05) is 6.42 Å². The summed E-state index contributed by atoms with van der Waals surface area (Å²) in [6.45, 7) is 6.52. The molecule has 0 heterocycles. The molecule has 2 heteroatoms. The lowest BCUT2D eigenvalue weighted by Gasteiger charge is -2.14. The van der Waals surface area contributed by atoms with Crippen LogP contribution < -0.4 is 0 Å². The lowest BCUT2D eigenvalue weighted by Crippen LogP contribution is -2.12. The summed E-state index contributed by atoms with van der Waals surface area (Å²) in [6.07, 6.45) is 11.6. The molecule has 0 aromatic carbocycles. The second-order valence-corrected chi connectivity index (χ2v) is 5.06. The van der Waals surface area contributed by atoms with E-state index in [0.29, 0.717) is 6.10 Å². The Labute approximate surface area is 107 Å². The Hall–Kier alpha value is -0.110. The second-order valence-electron chi connectivity index (χ2n) is 4.61. The minimum absolute atomic E-state index is 0.310. The Morgan fingerprint density at radius 3 is 2.25 bits per heavy atom. The van der Waals surface area contributed by atoms with Gasteiger partial charge in [-0.15, -0.1) is 0 Å². The van der Waals surface area contributed by atoms with Crippen molar-refractivity contribution in [1.82, 2.24) is 0 Å². The summed E-state index contributed by atoms with van der Waals surface area (Å²) in [4.78, 5) is 0. The van der Waals surface area contributed by atoms with Gasteiger partial charge in [0.05, 0.1) is 6.10 Å². The van der Waals surface area contributed by atoms with Crippen LogP contribution in [0.2, 0.25) is 0 Å². The number of hydrogen-bond acceptors (Lipinski definition) is 2. The first-order valence-corrected chi connectivity index (χ1v) is 7.31. The van der Waals surface area contributed by atoms with E-state index in [0.717, 1.165) is 24.3 Å². The van der Waals surface area contributed by atoms with E-state index in [4.69, 9.17) is 17.0 Å². The van der Waals surface area contributed by atoms with Gasteiger partial charge in [0.15, 0.2) is 5.05 Å². The van der Waals surface area contributed by atoms with Gasteiger partial charge in [-0.1, -0.05) is 46.0 Å². The third-order valence-electron chi connectivity index (χ3n) is 2.75. The third-order valence-corrected chi connectivity index (χ3v) is 3.05. The zero-order chi connectivity index (χ0) is 12.2. The molecule has 0 aromatic rings. The van der Waals surface area contributed by atoms with E-state index in [1.165, 1.54) is 38.5 Å². The molecule has 0 aliphatic heterocycles. The molecule has 0 aromatic heterocycles. The van der Waals surface area contributed by atoms with E-state index in [-0.39, 0.29) is 0 Å². The Morgan fingerprint density at radius 2 is 1.62 bits per heavy atom. The molecule has 0 bridgehead atoms. The van der Waals surface area contributed by atoms with Crippen molar-refractivity contribution in [3.05, 3.63) is 0 Å². The van der Waals surface area contributed by atoms with E-state index < -0.39 is 0 Å². The Morgan fingerprint density at radius 1 is 1.00 bits per heavy atom. The molecule has 0 aliphatic rings. The fraction of sp³-hybridized carbons (Fsp3) is 0.929. The highest BCUT2D eigenvalue weighted by Gasteiger charge is 2.05. The van der Waals surface area contributed by atoms with Crippen LogP contribution in [0.1, 0.15) is 78.6 Å². The SMILES string of the molecule is CCCCCCCCC(C)OC(=S)CCC. The predicted octanol–water partition coefficient (Wildman–Crippen LogP) is 5.27. The molecule has 1 unspecified atom stereocenters. The fourth-order valence-electron chi connectivity index (χ4n) is 1.76. The number of hydrogen-bond donors (Lipinski definition) is 0. The van der Waals surface area contributed by atoms with Crippen LogP contribution in [0, 0.1) is 0 Å². The monoisotopic (exact) mass is 244 g/mol. The first-order valence-electron chi connectivity index (χ1n) is 6.90. The standard InChI is InChI=1S/C14H28OS/c1-4-6-7-8-9-10-12-13(3)15-14(16)11-5-2/h13H,4-12H2,1-3H3. The highest BCUT2D eigenvalue weighted by molar-refractivity contribution is 7.80. The van der Waals surface area contributed by atoms with Crippen molar-refractivity contribution in [3.8, 4) is 0 Å². The molecule has 96 valence electrons. The van der Waals surface area contributed by atoms with Crippen molar-refractivity contribution in [3.63, 3.8) is 0 Å². The van der Waals surface area contributed by atoms with E-state index in [9.17, 15) is 0 Å². The van der Waals surface area contributed by atoms with Crippen LogP contribution in [0.3, 0.4) is 0 Å². The molecule has 0 spiro atoms. The average Bonchev–Trinajstić information content (AvgIpc) is 2.23. The molecule has 0 aliphatic carbocycles. The zero-order valence-corrected chi connectivity index (χ0v) is 12.1. The van der Waals surface area contributed by atoms with Crippen molar-refractivity contribution >= 4 is 17.3 Å². The quantitative estimate of drug-likeness (QED) is 0.382. The summed E-state index contributed by atoms with van der Waals surface area (Å²) in [5, 5.41) is 0.793. The average molecular weight is 244 g/mol. The van der Waals surface area contributed by atoms with Gasteiger partial charge in [-0.3, -0.25) is 0 Å². The van der Waals surface area contributed by atoms with Crippen molar-refractivity contribution < 1.29 is 4.74 Å². The lowest BCUT2D eigenvalue weighted by atomic mass is 10.1. The summed E-state index contributed by atoms with van der Waals surface area (Å²) in [6, 6.07) is 0. The largest absolute Gasteiger partial charge is 0.484 e. The number of unbranched alkanes of at least 4 members (excludes halogenated alkanes) is 5. The smallest absolute Gasteiger partial charge is 0.160 e. The van der Waals surface area contributed by atoms with Gasteiger partial charge in [-0.05, 0) is 38.4 Å². The van der Waals surface area contributed by atoms with Crippen LogP contribution in [0.15, 0.2) is 0 Å². The number of ether oxygens (including phenoxy) is 1. The summed E-state index contributed by atoms with van der Waals surface area (Å²) >= 11 is 5.14. The maximum absolute atomic E-state index is 5.65. The molecule has 1 atom stereocenters. The highest BCUT2D eigenvalue weighted by Crippen LogP contribution is 2.11. The van der Waals surface area contributed by atoms with Crippen molar-refractivity contribution in [1.29, 1.82) is 0 Å². The van der Waals surface area contributed by atoms with Gasteiger partial charge in [0.1, 0.15) is 0 Å². The topological polar surface area (TPSA) is 9.23 Å². The maximum atomic E-state index is 5.65. The Kier molecular flexibility index (Phi) is 11.3. The predicted molar refractivity (Wildman–Crippen MR) is 76.0 cm³/mol. The first-order chi connectivity index (χ1) is 7.70. The molecule has 0 saturated carbocycles. The molecular weight excluding hydrogens is 216 g/mol. The summed E-state index contributed by atoms with van der Waals surface area (Å²) in [5.41, 5.74) is 0. The summed E-state index contributed by atoms with van der Waals surface area (Å²) in [5.74, 6) is 0. The van der Waals surface area contributed by atoms with E-state index in [2.05, 4.69) is 20.8 Å². The van der Waals surface area contributed by atoms with Crippen molar-refractivity contribution in [2.75, 3.05) is 0 Å². The van der Waals surface area contributed by atoms with Crippen molar-refractivity contribution in [2.24, 2.45) is 0 Å². The molecule has 16 heavy (non-hydrogen) atoms. The Balaban J connectivity index is 3.29. The van der Waals surface area contributed by atoms with Gasteiger partial charge < -0.3 is 4.74 Å². The van der Waals surface area contributed by atoms with Crippen LogP contribution in [-0.4, -0.2) is 11.2 Å². The minimum atomic E-state index is 0.310. The van der Waals surface area contributed by atoms with Crippen LogP contribution in [0.5, 0.6) is 0 Å². The van der Waals surface area contributed by atoms with Gasteiger partial charge in [0.2, 0.25) is 0 Å². The van der Waals surface area contributed by atoms with E-state index >= 15 is 0 Å². The molecule has 0 amide bonds. The molecule has 0 fully saturated rings. The fourth-order valence-corrected chi connectivity index (χ4v) is 2.13. The first kappa shape index (κ1) is 15.9. The van der Waals surface area contributed by atoms with Gasteiger partial charge in [-0.25, -0.2) is 0 Å². The highest BCUT2D eigenvalue weighted by atomic mass is 32.1. The Bertz CT molecular complexity index is 168. The number of rotatable bonds is 10. The molecule has 0 radical (unpaired) electrons. The van der Waals surface area contributed by atoms with Crippen LogP contribution in [0.25, 0.3) is 0 Å². The lowest BCUT2D eigenvalue weighted by molar-refractivity contribution is 0.193. The molecule has 0 saturated heterocycles. The van der Waals surface area contributed by atoms with Crippen molar-refractivity contribution in [2.45, 2.75) is 84.7 Å². The van der Waals surface area contributed by atoms with Gasteiger partial charge in [-0.2, -0.15) is 0 Å². The molecule has 0 rings (SSSR count). The molecule has 1 nitrogen and oxygen atoms in total. The number of thiocarbonyl (C=S) groups is 1. The van der Waals surface area contributed by atoms with Crippen LogP contribution in [-0.2, 0) is 4.74 Å². The second kappa shape index (κ2) is 11.4. The van der Waals surface area contributed by atoms with E-state index in [1.807, 2.05) is 0 Å². The van der Waals surface area contributed by atoms with Crippen LogP contribution >= 0.6 is 12.2 Å². The molecule has 0 N–H and O–H groups in total.